The molecule has 0 bridgehead atoms. The molecule has 0 heterocycles. The summed E-state index contributed by atoms with van der Waals surface area (Å²) in [5, 5.41) is 0. The third kappa shape index (κ3) is 3.75. The second-order valence-electron chi connectivity index (χ2n) is 5.77. The van der Waals surface area contributed by atoms with E-state index in [4.69, 9.17) is 5.73 Å². The molecule has 1 aromatic carbocycles. The summed E-state index contributed by atoms with van der Waals surface area (Å²) in [5.41, 5.74) is 6.36. The summed E-state index contributed by atoms with van der Waals surface area (Å²) in [5.74, 6) is -0.167. The lowest BCUT2D eigenvalue weighted by Crippen LogP contribution is -2.38. The molecule has 0 radical (unpaired) electrons. The largest absolute Gasteiger partial charge is 0.399 e. The molecule has 2 rings (SSSR count). The van der Waals surface area contributed by atoms with E-state index in [-0.39, 0.29) is 16.8 Å². The average Bonchev–Trinajstić information content (AvgIpc) is 2.45. The molecule has 1 aliphatic rings. The molecule has 0 unspecified atom stereocenters. The van der Waals surface area contributed by atoms with Crippen molar-refractivity contribution in [3.63, 3.8) is 0 Å². The molecular formula is C15H22N2O3S. The van der Waals surface area contributed by atoms with Gasteiger partial charge in [-0.3, -0.25) is 4.79 Å². The molecule has 2 N–H and O–H groups in total. The van der Waals surface area contributed by atoms with Gasteiger partial charge >= 0.3 is 0 Å². The van der Waals surface area contributed by atoms with Gasteiger partial charge in [-0.15, -0.1) is 0 Å². The summed E-state index contributed by atoms with van der Waals surface area (Å²) in [6.07, 6.45) is 6.60. The zero-order valence-electron chi connectivity index (χ0n) is 12.5. The number of hydrogen-bond donors (Lipinski definition) is 1. The lowest BCUT2D eigenvalue weighted by Gasteiger charge is -2.31. The highest BCUT2D eigenvalue weighted by Gasteiger charge is 2.24. The molecule has 21 heavy (non-hydrogen) atoms. The van der Waals surface area contributed by atoms with Crippen molar-refractivity contribution in [2.24, 2.45) is 0 Å². The Balaban J connectivity index is 2.28. The van der Waals surface area contributed by atoms with Crippen molar-refractivity contribution >= 4 is 21.4 Å². The van der Waals surface area contributed by atoms with Gasteiger partial charge in [0, 0.05) is 30.6 Å². The SMILES string of the molecule is CN(C(=O)c1cc(N)cc(S(C)(=O)=O)c1)C1CCCCC1. The van der Waals surface area contributed by atoms with Crippen LogP contribution in [-0.2, 0) is 9.84 Å². The van der Waals surface area contributed by atoms with Gasteiger partial charge in [0.15, 0.2) is 9.84 Å². The lowest BCUT2D eigenvalue weighted by molar-refractivity contribution is 0.0696. The number of rotatable bonds is 3. The molecule has 116 valence electrons. The topological polar surface area (TPSA) is 80.5 Å². The summed E-state index contributed by atoms with van der Waals surface area (Å²) in [6.45, 7) is 0. The quantitative estimate of drug-likeness (QED) is 0.867. The van der Waals surface area contributed by atoms with E-state index in [1.165, 1.54) is 24.6 Å². The number of benzene rings is 1. The third-order valence-corrected chi connectivity index (χ3v) is 5.14. The van der Waals surface area contributed by atoms with Gasteiger partial charge in [-0.1, -0.05) is 19.3 Å². The van der Waals surface area contributed by atoms with Crippen LogP contribution in [0.5, 0.6) is 0 Å². The lowest BCUT2D eigenvalue weighted by atomic mass is 9.94. The fourth-order valence-electron chi connectivity index (χ4n) is 2.80. The van der Waals surface area contributed by atoms with Crippen LogP contribution in [0.25, 0.3) is 0 Å². The van der Waals surface area contributed by atoms with Crippen LogP contribution in [0.3, 0.4) is 0 Å². The van der Waals surface area contributed by atoms with Crippen molar-refractivity contribution in [3.05, 3.63) is 23.8 Å². The molecule has 0 aliphatic heterocycles. The van der Waals surface area contributed by atoms with Crippen LogP contribution < -0.4 is 5.73 Å². The second-order valence-corrected chi connectivity index (χ2v) is 7.79. The maximum atomic E-state index is 12.6. The Bertz CT molecular complexity index is 634. The molecule has 0 atom stereocenters. The Morgan fingerprint density at radius 1 is 1.19 bits per heavy atom. The molecular weight excluding hydrogens is 288 g/mol. The fraction of sp³-hybridized carbons (Fsp3) is 0.533. The van der Waals surface area contributed by atoms with Crippen molar-refractivity contribution in [2.75, 3.05) is 19.0 Å². The van der Waals surface area contributed by atoms with Gasteiger partial charge in [0.05, 0.1) is 4.90 Å². The summed E-state index contributed by atoms with van der Waals surface area (Å²) >= 11 is 0. The van der Waals surface area contributed by atoms with Gasteiger partial charge in [0.2, 0.25) is 0 Å². The zero-order valence-corrected chi connectivity index (χ0v) is 13.3. The van der Waals surface area contributed by atoms with Crippen LogP contribution in [0.15, 0.2) is 23.1 Å². The highest BCUT2D eigenvalue weighted by atomic mass is 32.2. The Labute approximate surface area is 126 Å². The number of sulfone groups is 1. The van der Waals surface area contributed by atoms with Crippen molar-refractivity contribution in [2.45, 2.75) is 43.0 Å². The van der Waals surface area contributed by atoms with Gasteiger partial charge in [-0.25, -0.2) is 8.42 Å². The first kappa shape index (κ1) is 15.8. The van der Waals surface area contributed by atoms with E-state index >= 15 is 0 Å². The monoisotopic (exact) mass is 310 g/mol. The first-order valence-corrected chi connectivity index (χ1v) is 9.06. The Morgan fingerprint density at radius 2 is 1.81 bits per heavy atom. The van der Waals surface area contributed by atoms with Crippen molar-refractivity contribution in [1.82, 2.24) is 4.90 Å². The van der Waals surface area contributed by atoms with E-state index in [0.717, 1.165) is 31.9 Å². The highest BCUT2D eigenvalue weighted by molar-refractivity contribution is 7.90. The fourth-order valence-corrected chi connectivity index (χ4v) is 3.49. The molecule has 1 fully saturated rings. The van der Waals surface area contributed by atoms with Gasteiger partial charge in [0.1, 0.15) is 0 Å². The number of carbonyl (C=O) groups is 1. The van der Waals surface area contributed by atoms with Gasteiger partial charge in [-0.05, 0) is 31.0 Å². The molecule has 1 amide bonds. The van der Waals surface area contributed by atoms with E-state index in [1.54, 1.807) is 11.9 Å². The molecule has 5 nitrogen and oxygen atoms in total. The summed E-state index contributed by atoms with van der Waals surface area (Å²) in [4.78, 5) is 14.4. The molecule has 0 aromatic heterocycles. The minimum absolute atomic E-state index is 0.0860. The van der Waals surface area contributed by atoms with Crippen molar-refractivity contribution < 1.29 is 13.2 Å². The predicted molar refractivity (Wildman–Crippen MR) is 82.9 cm³/mol. The average molecular weight is 310 g/mol. The van der Waals surface area contributed by atoms with E-state index in [2.05, 4.69) is 0 Å². The normalized spacial score (nSPS) is 16.7. The summed E-state index contributed by atoms with van der Waals surface area (Å²) in [7, 11) is -1.60. The zero-order chi connectivity index (χ0) is 15.6. The molecule has 6 heteroatoms. The van der Waals surface area contributed by atoms with E-state index in [9.17, 15) is 13.2 Å². The van der Waals surface area contributed by atoms with Crippen LogP contribution in [0.4, 0.5) is 5.69 Å². The number of amides is 1. The number of nitrogens with two attached hydrogens (primary N) is 1. The van der Waals surface area contributed by atoms with E-state index in [0.29, 0.717) is 11.3 Å². The molecule has 1 saturated carbocycles. The van der Waals surface area contributed by atoms with E-state index < -0.39 is 9.84 Å². The van der Waals surface area contributed by atoms with Crippen LogP contribution in [0.1, 0.15) is 42.5 Å². The Hall–Kier alpha value is -1.56. The molecule has 1 aromatic rings. The maximum Gasteiger partial charge on any atom is 0.253 e. The summed E-state index contributed by atoms with van der Waals surface area (Å²) in [6, 6.07) is 4.56. The maximum absolute atomic E-state index is 12.6. The van der Waals surface area contributed by atoms with Gasteiger partial charge < -0.3 is 10.6 Å². The standard InChI is InChI=1S/C15H22N2O3S/c1-17(13-6-4-3-5-7-13)15(18)11-8-12(16)10-14(9-11)21(2,19)20/h8-10,13H,3-7,16H2,1-2H3. The predicted octanol–water partition coefficient (Wildman–Crippen LogP) is 2.08. The van der Waals surface area contributed by atoms with Crippen LogP contribution in [-0.4, -0.2) is 38.6 Å². The minimum atomic E-state index is -3.38. The highest BCUT2D eigenvalue weighted by Crippen LogP contribution is 2.24. The van der Waals surface area contributed by atoms with Crippen molar-refractivity contribution in [3.8, 4) is 0 Å². The number of nitrogens with zero attached hydrogens (tertiary/aromatic N) is 1. The smallest absolute Gasteiger partial charge is 0.253 e. The van der Waals surface area contributed by atoms with Crippen molar-refractivity contribution in [1.29, 1.82) is 0 Å². The first-order valence-electron chi connectivity index (χ1n) is 7.17. The second kappa shape index (κ2) is 6.05. The summed E-state index contributed by atoms with van der Waals surface area (Å²) < 4.78 is 23.3. The van der Waals surface area contributed by atoms with Gasteiger partial charge in [-0.2, -0.15) is 0 Å². The van der Waals surface area contributed by atoms with E-state index in [1.807, 2.05) is 0 Å². The number of nitrogen functional groups attached to an aromatic ring is 1. The van der Waals surface area contributed by atoms with Gasteiger partial charge in [0.25, 0.3) is 5.91 Å². The van der Waals surface area contributed by atoms with Crippen LogP contribution >= 0.6 is 0 Å². The Kier molecular flexibility index (Phi) is 4.56. The number of carbonyl (C=O) groups excluding carboxylic acids is 1. The van der Waals surface area contributed by atoms with Crippen LogP contribution in [0.2, 0.25) is 0 Å². The Morgan fingerprint density at radius 3 is 2.38 bits per heavy atom. The number of anilines is 1. The number of hydrogen-bond acceptors (Lipinski definition) is 4. The third-order valence-electron chi connectivity index (χ3n) is 4.05. The molecule has 0 spiro atoms. The molecule has 0 saturated heterocycles. The first-order chi connectivity index (χ1) is 9.79. The minimum Gasteiger partial charge on any atom is -0.399 e. The molecule has 1 aliphatic carbocycles. The van der Waals surface area contributed by atoms with Crippen LogP contribution in [0, 0.1) is 0 Å².